The summed E-state index contributed by atoms with van der Waals surface area (Å²) >= 11 is 0. The fourth-order valence-corrected chi connectivity index (χ4v) is 3.18. The van der Waals surface area contributed by atoms with Crippen LogP contribution in [0.3, 0.4) is 0 Å². The van der Waals surface area contributed by atoms with Gasteiger partial charge in [0.2, 0.25) is 0 Å². The van der Waals surface area contributed by atoms with Crippen molar-refractivity contribution in [2.75, 3.05) is 13.2 Å². The second-order valence-electron chi connectivity index (χ2n) is 6.51. The van der Waals surface area contributed by atoms with E-state index in [-0.39, 0.29) is 31.0 Å². The second-order valence-corrected chi connectivity index (χ2v) is 6.51. The molecule has 26 heavy (non-hydrogen) atoms. The summed E-state index contributed by atoms with van der Waals surface area (Å²) in [5.41, 5.74) is 0.862. The summed E-state index contributed by atoms with van der Waals surface area (Å²) < 4.78 is 23.4. The van der Waals surface area contributed by atoms with Crippen molar-refractivity contribution in [2.24, 2.45) is 5.92 Å². The average Bonchev–Trinajstić information content (AvgIpc) is 3.17. The molecule has 1 aliphatic rings. The maximum Gasteiger partial charge on any atom is 0.335 e. The first kappa shape index (κ1) is 20.1. The molecule has 5 nitrogen and oxygen atoms in total. The third-order valence-corrected chi connectivity index (χ3v) is 4.56. The molecule has 0 bridgehead atoms. The van der Waals surface area contributed by atoms with Crippen molar-refractivity contribution >= 4 is 11.9 Å². The Hall–Kier alpha value is -2.21. The van der Waals surface area contributed by atoms with Gasteiger partial charge < -0.3 is 14.8 Å². The normalized spacial score (nSPS) is 16.7. The minimum Gasteiger partial charge on any atom is -0.454 e. The summed E-state index contributed by atoms with van der Waals surface area (Å²) in [5.74, 6) is -0.987. The van der Waals surface area contributed by atoms with Gasteiger partial charge in [0.1, 0.15) is 5.82 Å². The molecule has 1 saturated carbocycles. The Morgan fingerprint density at radius 1 is 1.31 bits per heavy atom. The lowest BCUT2D eigenvalue weighted by atomic mass is 9.91. The number of carbonyl (C=O) groups is 2. The quantitative estimate of drug-likeness (QED) is 0.540. The molecule has 2 rings (SSSR count). The first-order chi connectivity index (χ1) is 12.5. The van der Waals surface area contributed by atoms with E-state index in [1.54, 1.807) is 19.1 Å². The third-order valence-electron chi connectivity index (χ3n) is 4.56. The molecule has 142 valence electrons. The lowest BCUT2D eigenvalue weighted by Gasteiger charge is -2.25. The zero-order chi connectivity index (χ0) is 18.9. The zero-order valence-electron chi connectivity index (χ0n) is 15.1. The van der Waals surface area contributed by atoms with Crippen molar-refractivity contribution in [2.45, 2.75) is 44.8 Å². The highest BCUT2D eigenvalue weighted by Crippen LogP contribution is 2.35. The second kappa shape index (κ2) is 10.1. The standard InChI is InChI=1S/C20H26FNO4/c1-3-12-25-14(2)20(24)26-13-18(23)22-19(15-6-4-5-7-15)16-8-10-17(21)11-9-16/h3,8-11,14-15,19H,1,4-7,12-13H2,2H3,(H,22,23). The monoisotopic (exact) mass is 363 g/mol. The predicted molar refractivity (Wildman–Crippen MR) is 95.8 cm³/mol. The van der Waals surface area contributed by atoms with Crippen LogP contribution in [-0.2, 0) is 19.1 Å². The Morgan fingerprint density at radius 2 is 1.96 bits per heavy atom. The van der Waals surface area contributed by atoms with E-state index in [1.165, 1.54) is 18.2 Å². The summed E-state index contributed by atoms with van der Waals surface area (Å²) in [6.07, 6.45) is 5.02. The van der Waals surface area contributed by atoms with Gasteiger partial charge in [0.15, 0.2) is 12.7 Å². The molecule has 1 amide bonds. The number of nitrogens with one attached hydrogen (secondary N) is 1. The van der Waals surface area contributed by atoms with E-state index in [0.29, 0.717) is 5.92 Å². The van der Waals surface area contributed by atoms with Gasteiger partial charge in [0.25, 0.3) is 5.91 Å². The smallest absolute Gasteiger partial charge is 0.335 e. The first-order valence-electron chi connectivity index (χ1n) is 8.95. The maximum atomic E-state index is 13.2. The number of amides is 1. The Balaban J connectivity index is 1.92. The molecule has 2 unspecified atom stereocenters. The number of halogens is 1. The van der Waals surface area contributed by atoms with Crippen molar-refractivity contribution in [3.63, 3.8) is 0 Å². The summed E-state index contributed by atoms with van der Waals surface area (Å²) in [6, 6.07) is 5.95. The Kier molecular flexibility index (Phi) is 7.78. The van der Waals surface area contributed by atoms with E-state index in [2.05, 4.69) is 11.9 Å². The molecule has 1 N–H and O–H groups in total. The molecule has 1 aromatic rings. The van der Waals surface area contributed by atoms with Crippen LogP contribution in [0.25, 0.3) is 0 Å². The molecule has 0 aromatic heterocycles. The van der Waals surface area contributed by atoms with Gasteiger partial charge in [-0.3, -0.25) is 4.79 Å². The molecule has 0 saturated heterocycles. The van der Waals surface area contributed by atoms with E-state index >= 15 is 0 Å². The van der Waals surface area contributed by atoms with Crippen LogP contribution >= 0.6 is 0 Å². The Labute approximate surface area is 153 Å². The molecular weight excluding hydrogens is 337 g/mol. The number of rotatable bonds is 9. The van der Waals surface area contributed by atoms with Crippen molar-refractivity contribution in [1.29, 1.82) is 0 Å². The highest BCUT2D eigenvalue weighted by Gasteiger charge is 2.28. The van der Waals surface area contributed by atoms with Crippen LogP contribution in [0.4, 0.5) is 4.39 Å². The minimum absolute atomic E-state index is 0.209. The van der Waals surface area contributed by atoms with Crippen molar-refractivity contribution < 1.29 is 23.5 Å². The highest BCUT2D eigenvalue weighted by atomic mass is 19.1. The van der Waals surface area contributed by atoms with Crippen LogP contribution in [0.1, 0.15) is 44.2 Å². The van der Waals surface area contributed by atoms with E-state index in [9.17, 15) is 14.0 Å². The molecule has 6 heteroatoms. The largest absolute Gasteiger partial charge is 0.454 e. The van der Waals surface area contributed by atoms with Crippen LogP contribution < -0.4 is 5.32 Å². The Morgan fingerprint density at radius 3 is 2.58 bits per heavy atom. The summed E-state index contributed by atoms with van der Waals surface area (Å²) in [6.45, 7) is 4.93. The molecule has 1 aromatic carbocycles. The number of carbonyl (C=O) groups excluding carboxylic acids is 2. The zero-order valence-corrected chi connectivity index (χ0v) is 15.1. The molecule has 1 fully saturated rings. The third kappa shape index (κ3) is 5.95. The minimum atomic E-state index is -0.761. The van der Waals surface area contributed by atoms with Crippen molar-refractivity contribution in [1.82, 2.24) is 5.32 Å². The van der Waals surface area contributed by atoms with Gasteiger partial charge in [-0.2, -0.15) is 0 Å². The fraction of sp³-hybridized carbons (Fsp3) is 0.500. The predicted octanol–water partition coefficient (Wildman–Crippen LogP) is 3.31. The number of hydrogen-bond donors (Lipinski definition) is 1. The van der Waals surface area contributed by atoms with E-state index < -0.39 is 12.1 Å². The van der Waals surface area contributed by atoms with Crippen LogP contribution in [0.15, 0.2) is 36.9 Å². The SMILES string of the molecule is C=CCOC(C)C(=O)OCC(=O)NC(c1ccc(F)cc1)C1CCCC1. The van der Waals surface area contributed by atoms with Gasteiger partial charge in [-0.25, -0.2) is 9.18 Å². The van der Waals surface area contributed by atoms with Crippen molar-refractivity contribution in [3.8, 4) is 0 Å². The molecule has 1 aliphatic carbocycles. The summed E-state index contributed by atoms with van der Waals surface area (Å²) in [5, 5.41) is 2.94. The summed E-state index contributed by atoms with van der Waals surface area (Å²) in [4.78, 5) is 24.1. The van der Waals surface area contributed by atoms with Gasteiger partial charge in [-0.05, 0) is 43.4 Å². The van der Waals surface area contributed by atoms with Gasteiger partial charge in [-0.1, -0.05) is 31.1 Å². The molecule has 0 heterocycles. The summed E-state index contributed by atoms with van der Waals surface area (Å²) in [7, 11) is 0. The van der Waals surface area contributed by atoms with Crippen LogP contribution in [-0.4, -0.2) is 31.2 Å². The Bertz CT molecular complexity index is 611. The highest BCUT2D eigenvalue weighted by molar-refractivity contribution is 5.82. The van der Waals surface area contributed by atoms with Crippen LogP contribution in [0.5, 0.6) is 0 Å². The molecule has 0 radical (unpaired) electrons. The van der Waals surface area contributed by atoms with Crippen LogP contribution in [0, 0.1) is 11.7 Å². The van der Waals surface area contributed by atoms with E-state index in [4.69, 9.17) is 9.47 Å². The lowest BCUT2D eigenvalue weighted by molar-refractivity contribution is -0.158. The molecular formula is C20H26FNO4. The van der Waals surface area contributed by atoms with Gasteiger partial charge in [0.05, 0.1) is 12.6 Å². The first-order valence-corrected chi connectivity index (χ1v) is 8.95. The van der Waals surface area contributed by atoms with Crippen molar-refractivity contribution in [3.05, 3.63) is 48.3 Å². The average molecular weight is 363 g/mol. The van der Waals surface area contributed by atoms with E-state index in [0.717, 1.165) is 31.2 Å². The molecule has 0 aliphatic heterocycles. The topological polar surface area (TPSA) is 64.6 Å². The van der Waals surface area contributed by atoms with Gasteiger partial charge >= 0.3 is 5.97 Å². The molecule has 0 spiro atoms. The number of hydrogen-bond acceptors (Lipinski definition) is 4. The van der Waals surface area contributed by atoms with Gasteiger partial charge in [0, 0.05) is 0 Å². The fourth-order valence-electron chi connectivity index (χ4n) is 3.18. The number of esters is 1. The maximum absolute atomic E-state index is 13.2. The molecule has 2 atom stereocenters. The van der Waals surface area contributed by atoms with Gasteiger partial charge in [-0.15, -0.1) is 6.58 Å². The number of benzene rings is 1. The number of ether oxygens (including phenoxy) is 2. The van der Waals surface area contributed by atoms with Crippen LogP contribution in [0.2, 0.25) is 0 Å². The van der Waals surface area contributed by atoms with E-state index in [1.807, 2.05) is 0 Å². The lowest BCUT2D eigenvalue weighted by Crippen LogP contribution is -2.36.